The summed E-state index contributed by atoms with van der Waals surface area (Å²) < 4.78 is 4.68. The van der Waals surface area contributed by atoms with E-state index in [1.54, 1.807) is 29.6 Å². The van der Waals surface area contributed by atoms with Crippen LogP contribution in [-0.4, -0.2) is 19.0 Å². The number of esters is 1. The second-order valence-electron chi connectivity index (χ2n) is 3.96. The number of amides is 1. The van der Waals surface area contributed by atoms with E-state index in [0.717, 1.165) is 5.56 Å². The number of carbonyl (C=O) groups is 2. The van der Waals surface area contributed by atoms with E-state index in [1.165, 1.54) is 18.4 Å². The topological polar surface area (TPSA) is 55.4 Å². The summed E-state index contributed by atoms with van der Waals surface area (Å²) >= 11 is 1.47. The average Bonchev–Trinajstić information content (AvgIpc) is 2.85. The van der Waals surface area contributed by atoms with Crippen LogP contribution in [0.3, 0.4) is 0 Å². The molecule has 98 valence electrons. The predicted molar refractivity (Wildman–Crippen MR) is 74.8 cm³/mol. The van der Waals surface area contributed by atoms with E-state index < -0.39 is 5.97 Å². The molecule has 0 atom stereocenters. The van der Waals surface area contributed by atoms with Crippen LogP contribution in [0, 0.1) is 6.92 Å². The van der Waals surface area contributed by atoms with Gasteiger partial charge < -0.3 is 10.1 Å². The van der Waals surface area contributed by atoms with Crippen molar-refractivity contribution in [3.63, 3.8) is 0 Å². The third-order valence-electron chi connectivity index (χ3n) is 2.68. The maximum Gasteiger partial charge on any atom is 0.339 e. The number of para-hydroxylation sites is 1. The van der Waals surface area contributed by atoms with E-state index in [4.69, 9.17) is 0 Å². The van der Waals surface area contributed by atoms with Crippen LogP contribution in [0.15, 0.2) is 35.0 Å². The van der Waals surface area contributed by atoms with Crippen LogP contribution < -0.4 is 5.32 Å². The lowest BCUT2D eigenvalue weighted by molar-refractivity contribution is 0.0602. The molecule has 0 spiro atoms. The van der Waals surface area contributed by atoms with Gasteiger partial charge in [0.05, 0.1) is 23.9 Å². The van der Waals surface area contributed by atoms with Gasteiger partial charge in [-0.1, -0.05) is 12.1 Å². The predicted octanol–water partition coefficient (Wildman–Crippen LogP) is 3.10. The summed E-state index contributed by atoms with van der Waals surface area (Å²) in [6.07, 6.45) is 0. The minimum absolute atomic E-state index is 0.227. The summed E-state index contributed by atoms with van der Waals surface area (Å²) in [6, 6.07) is 6.76. The highest BCUT2D eigenvalue weighted by atomic mass is 32.1. The van der Waals surface area contributed by atoms with Crippen LogP contribution in [-0.2, 0) is 4.74 Å². The monoisotopic (exact) mass is 275 g/mol. The number of hydrogen-bond acceptors (Lipinski definition) is 4. The fraction of sp³-hybridized carbons (Fsp3) is 0.143. The van der Waals surface area contributed by atoms with Crippen molar-refractivity contribution in [2.45, 2.75) is 6.92 Å². The lowest BCUT2D eigenvalue weighted by atomic mass is 10.1. The minimum Gasteiger partial charge on any atom is -0.465 e. The smallest absolute Gasteiger partial charge is 0.339 e. The summed E-state index contributed by atoms with van der Waals surface area (Å²) in [5, 5.41) is 6.42. The Morgan fingerprint density at radius 2 is 1.89 bits per heavy atom. The van der Waals surface area contributed by atoms with E-state index >= 15 is 0 Å². The summed E-state index contributed by atoms with van der Waals surface area (Å²) in [4.78, 5) is 23.7. The molecule has 2 aromatic rings. The number of ether oxygens (including phenoxy) is 1. The zero-order valence-corrected chi connectivity index (χ0v) is 11.4. The highest BCUT2D eigenvalue weighted by Gasteiger charge is 2.15. The Morgan fingerprint density at radius 1 is 1.16 bits per heavy atom. The van der Waals surface area contributed by atoms with Gasteiger partial charge in [0.25, 0.3) is 5.91 Å². The normalized spacial score (nSPS) is 10.0. The second kappa shape index (κ2) is 5.67. The van der Waals surface area contributed by atoms with Gasteiger partial charge in [-0.05, 0) is 30.0 Å². The number of thiophene rings is 1. The first-order valence-electron chi connectivity index (χ1n) is 5.65. The van der Waals surface area contributed by atoms with Gasteiger partial charge in [-0.3, -0.25) is 4.79 Å². The highest BCUT2D eigenvalue weighted by Crippen LogP contribution is 2.19. The van der Waals surface area contributed by atoms with Gasteiger partial charge in [-0.15, -0.1) is 0 Å². The molecule has 0 aliphatic heterocycles. The van der Waals surface area contributed by atoms with Gasteiger partial charge in [0.2, 0.25) is 0 Å². The number of anilines is 1. The van der Waals surface area contributed by atoms with Crippen LogP contribution in [0.5, 0.6) is 0 Å². The third-order valence-corrected chi connectivity index (χ3v) is 3.54. The van der Waals surface area contributed by atoms with Gasteiger partial charge >= 0.3 is 5.97 Å². The molecule has 0 saturated heterocycles. The molecular formula is C14H13NO3S. The first-order chi connectivity index (χ1) is 9.13. The van der Waals surface area contributed by atoms with E-state index in [9.17, 15) is 9.59 Å². The van der Waals surface area contributed by atoms with Crippen molar-refractivity contribution in [1.29, 1.82) is 0 Å². The maximum absolute atomic E-state index is 12.1. The number of carbonyl (C=O) groups excluding carboxylic acids is 2. The zero-order valence-electron chi connectivity index (χ0n) is 10.6. The number of rotatable bonds is 3. The number of benzene rings is 1. The van der Waals surface area contributed by atoms with E-state index in [1.807, 2.05) is 12.3 Å². The summed E-state index contributed by atoms with van der Waals surface area (Å²) in [6.45, 7) is 1.87. The van der Waals surface area contributed by atoms with Crippen molar-refractivity contribution in [3.05, 3.63) is 51.7 Å². The van der Waals surface area contributed by atoms with Crippen LogP contribution >= 0.6 is 11.3 Å². The van der Waals surface area contributed by atoms with Gasteiger partial charge in [-0.2, -0.15) is 11.3 Å². The Balaban J connectivity index is 2.27. The van der Waals surface area contributed by atoms with Gasteiger partial charge in [0.15, 0.2) is 0 Å². The lowest BCUT2D eigenvalue weighted by Crippen LogP contribution is -2.15. The molecular weight excluding hydrogens is 262 g/mol. The third kappa shape index (κ3) is 2.82. The number of hydrogen-bond donors (Lipinski definition) is 1. The molecule has 4 nitrogen and oxygen atoms in total. The molecule has 1 N–H and O–H groups in total. The first kappa shape index (κ1) is 13.3. The summed E-state index contributed by atoms with van der Waals surface area (Å²) in [5.74, 6) is -0.701. The first-order valence-corrected chi connectivity index (χ1v) is 6.59. The van der Waals surface area contributed by atoms with E-state index in [2.05, 4.69) is 10.1 Å². The average molecular weight is 275 g/mol. The molecule has 1 heterocycles. The van der Waals surface area contributed by atoms with Crippen LogP contribution in [0.4, 0.5) is 5.69 Å². The van der Waals surface area contributed by atoms with Crippen molar-refractivity contribution >= 4 is 28.9 Å². The van der Waals surface area contributed by atoms with E-state index in [-0.39, 0.29) is 5.91 Å². The number of nitrogens with one attached hydrogen (secondary N) is 1. The molecule has 0 fully saturated rings. The molecule has 2 rings (SSSR count). The van der Waals surface area contributed by atoms with Crippen molar-refractivity contribution in [3.8, 4) is 0 Å². The molecule has 0 aliphatic rings. The Kier molecular flexibility index (Phi) is 3.97. The highest BCUT2D eigenvalue weighted by molar-refractivity contribution is 7.08. The van der Waals surface area contributed by atoms with Crippen LogP contribution in [0.25, 0.3) is 0 Å². The molecule has 0 aliphatic carbocycles. The Bertz CT molecular complexity index is 619. The van der Waals surface area contributed by atoms with E-state index in [0.29, 0.717) is 16.8 Å². The standard InChI is InChI=1S/C14H13NO3S/c1-9-7-19-8-11(9)13(16)15-12-6-4-3-5-10(12)14(17)18-2/h3-8H,1-2H3,(H,15,16). The zero-order chi connectivity index (χ0) is 13.8. The molecule has 0 bridgehead atoms. The summed E-state index contributed by atoms with van der Waals surface area (Å²) in [7, 11) is 1.31. The molecule has 0 unspecified atom stereocenters. The second-order valence-corrected chi connectivity index (χ2v) is 4.70. The Morgan fingerprint density at radius 3 is 2.53 bits per heavy atom. The molecule has 19 heavy (non-hydrogen) atoms. The molecule has 0 radical (unpaired) electrons. The van der Waals surface area contributed by atoms with Gasteiger partial charge in [0, 0.05) is 5.38 Å². The van der Waals surface area contributed by atoms with Crippen molar-refractivity contribution in [1.82, 2.24) is 0 Å². The van der Waals surface area contributed by atoms with Crippen LogP contribution in [0.1, 0.15) is 26.3 Å². The summed E-state index contributed by atoms with van der Waals surface area (Å²) in [5.41, 5.74) is 2.32. The maximum atomic E-state index is 12.1. The Hall–Kier alpha value is -2.14. The molecule has 1 amide bonds. The number of aryl methyl sites for hydroxylation is 1. The van der Waals surface area contributed by atoms with Crippen molar-refractivity contribution in [2.24, 2.45) is 0 Å². The fourth-order valence-electron chi connectivity index (χ4n) is 1.66. The molecule has 1 aromatic carbocycles. The molecule has 0 saturated carbocycles. The Labute approximate surface area is 115 Å². The van der Waals surface area contributed by atoms with Gasteiger partial charge in [-0.25, -0.2) is 4.79 Å². The largest absolute Gasteiger partial charge is 0.465 e. The van der Waals surface area contributed by atoms with Crippen LogP contribution in [0.2, 0.25) is 0 Å². The lowest BCUT2D eigenvalue weighted by Gasteiger charge is -2.09. The SMILES string of the molecule is COC(=O)c1ccccc1NC(=O)c1cscc1C. The van der Waals surface area contributed by atoms with Crippen molar-refractivity contribution in [2.75, 3.05) is 12.4 Å². The minimum atomic E-state index is -0.474. The number of methoxy groups -OCH3 is 1. The fourth-order valence-corrected chi connectivity index (χ4v) is 2.49. The molecule has 1 aromatic heterocycles. The molecule has 5 heteroatoms. The quantitative estimate of drug-likeness (QED) is 0.876. The van der Waals surface area contributed by atoms with Gasteiger partial charge in [0.1, 0.15) is 0 Å². The van der Waals surface area contributed by atoms with Crippen molar-refractivity contribution < 1.29 is 14.3 Å².